The third-order valence-corrected chi connectivity index (χ3v) is 3.71. The predicted octanol–water partition coefficient (Wildman–Crippen LogP) is 5.78. The predicted molar refractivity (Wildman–Crippen MR) is 92.3 cm³/mol. The van der Waals surface area contributed by atoms with Crippen molar-refractivity contribution < 1.29 is 4.74 Å². The van der Waals surface area contributed by atoms with Crippen LogP contribution in [0, 0.1) is 0 Å². The third kappa shape index (κ3) is 5.34. The van der Waals surface area contributed by atoms with Gasteiger partial charge in [0.25, 0.3) is 0 Å². The molecule has 1 N–H and O–H groups in total. The Labute approximate surface area is 139 Å². The summed E-state index contributed by atoms with van der Waals surface area (Å²) in [6.07, 6.45) is 0. The Morgan fingerprint density at radius 1 is 1.10 bits per heavy atom. The summed E-state index contributed by atoms with van der Waals surface area (Å²) < 4.78 is 6.79. The molecule has 0 atom stereocenters. The highest BCUT2D eigenvalue weighted by atomic mass is 79.9. The zero-order valence-corrected chi connectivity index (χ0v) is 14.8. The fraction of sp³-hybridized carbons (Fsp3) is 0.294. The second kappa shape index (κ2) is 6.82. The van der Waals surface area contributed by atoms with Crippen molar-refractivity contribution in [2.45, 2.75) is 32.9 Å². The third-order valence-electron chi connectivity index (χ3n) is 2.87. The van der Waals surface area contributed by atoms with E-state index in [4.69, 9.17) is 16.3 Å². The maximum absolute atomic E-state index is 6.33. The minimum atomic E-state index is 0.0643. The first-order chi connectivity index (χ1) is 9.83. The van der Waals surface area contributed by atoms with Crippen molar-refractivity contribution in [2.75, 3.05) is 0 Å². The second-order valence-electron chi connectivity index (χ2n) is 5.92. The molecule has 2 nitrogen and oxygen atoms in total. The molecule has 2 aromatic carbocycles. The molecule has 0 aliphatic rings. The van der Waals surface area contributed by atoms with E-state index in [9.17, 15) is 0 Å². The van der Waals surface area contributed by atoms with Crippen molar-refractivity contribution in [1.29, 1.82) is 0 Å². The van der Waals surface area contributed by atoms with E-state index in [1.165, 1.54) is 0 Å². The Bertz CT molecular complexity index is 622. The van der Waals surface area contributed by atoms with Crippen LogP contribution < -0.4 is 10.1 Å². The lowest BCUT2D eigenvalue weighted by molar-refractivity contribution is 0.424. The van der Waals surface area contributed by atoms with Crippen molar-refractivity contribution in [3.05, 3.63) is 57.5 Å². The number of halogens is 2. The molecule has 0 fully saturated rings. The van der Waals surface area contributed by atoms with Gasteiger partial charge in [-0.3, -0.25) is 0 Å². The number of benzene rings is 2. The van der Waals surface area contributed by atoms with Crippen LogP contribution in [-0.4, -0.2) is 5.54 Å². The van der Waals surface area contributed by atoms with Gasteiger partial charge < -0.3 is 10.1 Å². The van der Waals surface area contributed by atoms with Crippen LogP contribution in [0.3, 0.4) is 0 Å². The van der Waals surface area contributed by atoms with Crippen molar-refractivity contribution in [3.63, 3.8) is 0 Å². The summed E-state index contributed by atoms with van der Waals surface area (Å²) in [5, 5.41) is 4.13. The molecule has 21 heavy (non-hydrogen) atoms. The second-order valence-corrected chi connectivity index (χ2v) is 7.24. The van der Waals surface area contributed by atoms with Gasteiger partial charge in [-0.2, -0.15) is 0 Å². The van der Waals surface area contributed by atoms with Gasteiger partial charge in [-0.05, 0) is 56.7 Å². The summed E-state index contributed by atoms with van der Waals surface area (Å²) in [5.41, 5.74) is 1.13. The number of rotatable bonds is 4. The molecule has 0 aromatic heterocycles. The van der Waals surface area contributed by atoms with E-state index in [1.54, 1.807) is 0 Å². The molecule has 2 rings (SSSR count). The minimum Gasteiger partial charge on any atom is -0.457 e. The maximum Gasteiger partial charge on any atom is 0.128 e. The molecule has 0 heterocycles. The van der Waals surface area contributed by atoms with Crippen LogP contribution in [0.4, 0.5) is 0 Å². The number of hydrogen-bond acceptors (Lipinski definition) is 2. The van der Waals surface area contributed by atoms with E-state index < -0.39 is 0 Å². The lowest BCUT2D eigenvalue weighted by Crippen LogP contribution is -2.35. The van der Waals surface area contributed by atoms with Crippen LogP contribution in [-0.2, 0) is 6.54 Å². The van der Waals surface area contributed by atoms with Gasteiger partial charge in [0.15, 0.2) is 0 Å². The van der Waals surface area contributed by atoms with Gasteiger partial charge in [-0.1, -0.05) is 39.7 Å². The van der Waals surface area contributed by atoms with Gasteiger partial charge in [0.05, 0.1) is 0 Å². The van der Waals surface area contributed by atoms with Gasteiger partial charge >= 0.3 is 0 Å². The highest BCUT2D eigenvalue weighted by Gasteiger charge is 2.10. The highest BCUT2D eigenvalue weighted by molar-refractivity contribution is 9.10. The molecule has 0 radical (unpaired) electrons. The molecular weight excluding hydrogens is 350 g/mol. The van der Waals surface area contributed by atoms with E-state index in [0.717, 1.165) is 28.1 Å². The molecular formula is C17H19BrClNO. The number of nitrogens with one attached hydrogen (secondary N) is 1. The molecule has 0 aliphatic heterocycles. The Hall–Kier alpha value is -1.03. The largest absolute Gasteiger partial charge is 0.457 e. The van der Waals surface area contributed by atoms with E-state index in [-0.39, 0.29) is 5.54 Å². The van der Waals surface area contributed by atoms with E-state index in [2.05, 4.69) is 42.0 Å². The van der Waals surface area contributed by atoms with Crippen LogP contribution >= 0.6 is 27.5 Å². The molecule has 2 aromatic rings. The van der Waals surface area contributed by atoms with Gasteiger partial charge in [-0.25, -0.2) is 0 Å². The van der Waals surface area contributed by atoms with Gasteiger partial charge in [-0.15, -0.1) is 0 Å². The van der Waals surface area contributed by atoms with E-state index in [1.807, 2.05) is 42.5 Å². The average molecular weight is 369 g/mol. The maximum atomic E-state index is 6.33. The number of ether oxygens (including phenoxy) is 1. The molecule has 0 aliphatic carbocycles. The Kier molecular flexibility index (Phi) is 5.31. The Balaban J connectivity index is 2.08. The van der Waals surface area contributed by atoms with E-state index >= 15 is 0 Å². The lowest BCUT2D eigenvalue weighted by Gasteiger charge is -2.21. The Morgan fingerprint density at radius 2 is 1.81 bits per heavy atom. The van der Waals surface area contributed by atoms with Crippen molar-refractivity contribution in [1.82, 2.24) is 5.32 Å². The summed E-state index contributed by atoms with van der Waals surface area (Å²) >= 11 is 9.75. The molecule has 0 amide bonds. The zero-order valence-electron chi connectivity index (χ0n) is 12.4. The molecule has 112 valence electrons. The summed E-state index contributed by atoms with van der Waals surface area (Å²) in [6.45, 7) is 7.13. The SMILES string of the molecule is CC(C)(C)NCc1ccc(Oc2cccc(Br)c2)cc1Cl. The number of hydrogen-bond donors (Lipinski definition) is 1. The van der Waals surface area contributed by atoms with Crippen molar-refractivity contribution in [2.24, 2.45) is 0 Å². The zero-order chi connectivity index (χ0) is 15.5. The van der Waals surface area contributed by atoms with E-state index in [0.29, 0.717) is 5.02 Å². The molecule has 0 bridgehead atoms. The average Bonchev–Trinajstić information content (AvgIpc) is 2.36. The summed E-state index contributed by atoms with van der Waals surface area (Å²) in [5.74, 6) is 1.51. The fourth-order valence-electron chi connectivity index (χ4n) is 1.76. The quantitative estimate of drug-likeness (QED) is 0.738. The topological polar surface area (TPSA) is 21.3 Å². The summed E-state index contributed by atoms with van der Waals surface area (Å²) in [7, 11) is 0. The first kappa shape index (κ1) is 16.3. The monoisotopic (exact) mass is 367 g/mol. The van der Waals surface area contributed by atoms with Crippen molar-refractivity contribution >= 4 is 27.5 Å². The molecule has 0 spiro atoms. The molecule has 0 unspecified atom stereocenters. The van der Waals surface area contributed by atoms with Gasteiger partial charge in [0.1, 0.15) is 11.5 Å². The van der Waals surface area contributed by atoms with Crippen LogP contribution in [0.15, 0.2) is 46.9 Å². The van der Waals surface area contributed by atoms with Gasteiger partial charge in [0, 0.05) is 21.6 Å². The standard InChI is InChI=1S/C17H19BrClNO/c1-17(2,3)20-11-12-7-8-15(10-16(12)19)21-14-6-4-5-13(18)9-14/h4-10,20H,11H2,1-3H3. The van der Waals surface area contributed by atoms with Crippen molar-refractivity contribution in [3.8, 4) is 11.5 Å². The summed E-state index contributed by atoms with van der Waals surface area (Å²) in [4.78, 5) is 0. The van der Waals surface area contributed by atoms with Crippen LogP contribution in [0.25, 0.3) is 0 Å². The van der Waals surface area contributed by atoms with Crippen LogP contribution in [0.5, 0.6) is 11.5 Å². The minimum absolute atomic E-state index is 0.0643. The molecule has 0 saturated heterocycles. The smallest absolute Gasteiger partial charge is 0.128 e. The molecule has 4 heteroatoms. The van der Waals surface area contributed by atoms with Crippen LogP contribution in [0.2, 0.25) is 5.02 Å². The Morgan fingerprint density at radius 3 is 2.43 bits per heavy atom. The van der Waals surface area contributed by atoms with Crippen LogP contribution in [0.1, 0.15) is 26.3 Å². The first-order valence-electron chi connectivity index (χ1n) is 6.80. The lowest BCUT2D eigenvalue weighted by atomic mass is 10.1. The highest BCUT2D eigenvalue weighted by Crippen LogP contribution is 2.28. The summed E-state index contributed by atoms with van der Waals surface area (Å²) in [6, 6.07) is 13.5. The fourth-order valence-corrected chi connectivity index (χ4v) is 2.38. The molecule has 0 saturated carbocycles. The normalized spacial score (nSPS) is 11.5. The first-order valence-corrected chi connectivity index (χ1v) is 7.97. The van der Waals surface area contributed by atoms with Gasteiger partial charge in [0.2, 0.25) is 0 Å².